The number of fused-ring (bicyclic) bond motifs is 1. The van der Waals surface area contributed by atoms with Gasteiger partial charge in [-0.1, -0.05) is 73.5 Å². The van der Waals surface area contributed by atoms with Crippen molar-refractivity contribution in [2.24, 2.45) is 0 Å². The zero-order chi connectivity index (χ0) is 24.5. The summed E-state index contributed by atoms with van der Waals surface area (Å²) < 4.78 is 0. The van der Waals surface area contributed by atoms with Gasteiger partial charge in [0.25, 0.3) is 0 Å². The van der Waals surface area contributed by atoms with Crippen LogP contribution in [0.5, 0.6) is 0 Å². The van der Waals surface area contributed by atoms with Crippen LogP contribution >= 0.6 is 23.2 Å². The van der Waals surface area contributed by atoms with Gasteiger partial charge in [-0.2, -0.15) is 0 Å². The molecule has 7 heteroatoms. The van der Waals surface area contributed by atoms with Crippen molar-refractivity contribution < 1.29 is 9.59 Å². The summed E-state index contributed by atoms with van der Waals surface area (Å²) in [6, 6.07) is 13.6. The normalized spacial score (nSPS) is 23.7. The van der Waals surface area contributed by atoms with Gasteiger partial charge in [-0.25, -0.2) is 0 Å². The summed E-state index contributed by atoms with van der Waals surface area (Å²) in [4.78, 5) is 27.0. The van der Waals surface area contributed by atoms with Crippen molar-refractivity contribution in [1.29, 1.82) is 0 Å². The molecular formula is C28H33Cl2N3O2. The van der Waals surface area contributed by atoms with Gasteiger partial charge in [0.15, 0.2) is 0 Å². The Balaban J connectivity index is 1.50. The summed E-state index contributed by atoms with van der Waals surface area (Å²) in [5.74, 6) is -0.0346. The van der Waals surface area contributed by atoms with Gasteiger partial charge in [0.2, 0.25) is 11.8 Å². The maximum atomic E-state index is 14.0. The van der Waals surface area contributed by atoms with Crippen LogP contribution in [0.2, 0.25) is 10.0 Å². The molecule has 2 aromatic carbocycles. The molecule has 3 aliphatic rings. The van der Waals surface area contributed by atoms with Crippen molar-refractivity contribution in [2.45, 2.75) is 81.2 Å². The minimum Gasteiger partial charge on any atom is -0.352 e. The molecule has 2 aliphatic carbocycles. The number of benzene rings is 2. The largest absolute Gasteiger partial charge is 0.352 e. The first kappa shape index (κ1) is 24.6. The number of anilines is 1. The molecule has 1 aliphatic heterocycles. The van der Waals surface area contributed by atoms with Crippen molar-refractivity contribution in [1.82, 2.24) is 10.6 Å². The summed E-state index contributed by atoms with van der Waals surface area (Å²) >= 11 is 12.6. The Labute approximate surface area is 217 Å². The summed E-state index contributed by atoms with van der Waals surface area (Å²) in [7, 11) is 0. The Hall–Kier alpha value is -2.08. The Morgan fingerprint density at radius 1 is 0.971 bits per heavy atom. The zero-order valence-electron chi connectivity index (χ0n) is 20.0. The van der Waals surface area contributed by atoms with Crippen molar-refractivity contribution in [3.05, 3.63) is 63.6 Å². The molecule has 35 heavy (non-hydrogen) atoms. The second kappa shape index (κ2) is 10.1. The molecule has 2 saturated carbocycles. The van der Waals surface area contributed by atoms with Gasteiger partial charge < -0.3 is 16.0 Å². The molecule has 0 spiro atoms. The minimum atomic E-state index is -0.876. The highest BCUT2D eigenvalue weighted by Crippen LogP contribution is 2.53. The molecule has 1 unspecified atom stereocenters. The van der Waals surface area contributed by atoms with Crippen LogP contribution in [0.15, 0.2) is 42.5 Å². The molecule has 5 nitrogen and oxygen atoms in total. The molecule has 2 aromatic rings. The first-order valence-electron chi connectivity index (χ1n) is 12.8. The van der Waals surface area contributed by atoms with Gasteiger partial charge >= 0.3 is 0 Å². The molecule has 5 rings (SSSR count). The van der Waals surface area contributed by atoms with E-state index in [4.69, 9.17) is 23.2 Å². The Bertz CT molecular complexity index is 1110. The second-order valence-corrected chi connectivity index (χ2v) is 11.3. The highest BCUT2D eigenvalue weighted by Gasteiger charge is 2.61. The van der Waals surface area contributed by atoms with Gasteiger partial charge in [0, 0.05) is 27.3 Å². The molecule has 2 fully saturated rings. The van der Waals surface area contributed by atoms with Crippen molar-refractivity contribution >= 4 is 40.7 Å². The van der Waals surface area contributed by atoms with Gasteiger partial charge in [-0.15, -0.1) is 0 Å². The summed E-state index contributed by atoms with van der Waals surface area (Å²) in [6.07, 6.45) is 9.83. The fourth-order valence-electron chi connectivity index (χ4n) is 6.62. The number of rotatable bonds is 7. The molecule has 1 heterocycles. The van der Waals surface area contributed by atoms with Crippen molar-refractivity contribution in [3.8, 4) is 0 Å². The minimum absolute atomic E-state index is 0.0100. The van der Waals surface area contributed by atoms with Crippen molar-refractivity contribution in [3.63, 3.8) is 0 Å². The lowest BCUT2D eigenvalue weighted by Crippen LogP contribution is -2.64. The number of amides is 2. The molecule has 0 bridgehead atoms. The predicted molar refractivity (Wildman–Crippen MR) is 141 cm³/mol. The lowest BCUT2D eigenvalue weighted by atomic mass is 9.61. The third-order valence-corrected chi connectivity index (χ3v) is 8.74. The van der Waals surface area contributed by atoms with Crippen LogP contribution in [0.3, 0.4) is 0 Å². The fourth-order valence-corrected chi connectivity index (χ4v) is 7.01. The molecule has 1 atom stereocenters. The van der Waals surface area contributed by atoms with Gasteiger partial charge in [0.1, 0.15) is 0 Å². The topological polar surface area (TPSA) is 70.2 Å². The van der Waals surface area contributed by atoms with Gasteiger partial charge in [-0.05, 0) is 67.5 Å². The molecule has 0 saturated heterocycles. The Morgan fingerprint density at radius 2 is 1.71 bits per heavy atom. The molecule has 2 amide bonds. The van der Waals surface area contributed by atoms with Crippen LogP contribution in [0, 0.1) is 0 Å². The van der Waals surface area contributed by atoms with Crippen molar-refractivity contribution in [2.75, 3.05) is 11.9 Å². The average molecular weight is 514 g/mol. The average Bonchev–Trinajstić information content (AvgIpc) is 3.42. The Kier molecular flexibility index (Phi) is 7.11. The fraction of sp³-hybridized carbons (Fsp3) is 0.500. The zero-order valence-corrected chi connectivity index (χ0v) is 21.5. The van der Waals surface area contributed by atoms with E-state index in [-0.39, 0.29) is 24.4 Å². The quantitative estimate of drug-likeness (QED) is 0.439. The van der Waals surface area contributed by atoms with E-state index < -0.39 is 11.0 Å². The van der Waals surface area contributed by atoms with Crippen LogP contribution in [0.4, 0.5) is 5.69 Å². The molecular weight excluding hydrogens is 481 g/mol. The third-order valence-electron chi connectivity index (χ3n) is 8.27. The highest BCUT2D eigenvalue weighted by atomic mass is 35.5. The summed E-state index contributed by atoms with van der Waals surface area (Å²) in [6.45, 7) is 0.198. The predicted octanol–water partition coefficient (Wildman–Crippen LogP) is 5.78. The first-order chi connectivity index (χ1) is 16.9. The van der Waals surface area contributed by atoms with Crippen LogP contribution in [-0.2, 0) is 21.4 Å². The van der Waals surface area contributed by atoms with E-state index in [9.17, 15) is 9.59 Å². The van der Waals surface area contributed by atoms with E-state index in [2.05, 4.69) is 16.0 Å². The monoisotopic (exact) mass is 513 g/mol. The first-order valence-corrected chi connectivity index (χ1v) is 13.6. The van der Waals surface area contributed by atoms with E-state index in [1.165, 1.54) is 19.3 Å². The van der Waals surface area contributed by atoms with E-state index in [0.29, 0.717) is 16.5 Å². The van der Waals surface area contributed by atoms with E-state index >= 15 is 0 Å². The molecule has 3 N–H and O–H groups in total. The third kappa shape index (κ3) is 4.71. The van der Waals surface area contributed by atoms with E-state index in [1.54, 1.807) is 0 Å². The molecule has 0 aromatic heterocycles. The lowest BCUT2D eigenvalue weighted by Gasteiger charge is -2.46. The number of halogens is 2. The Morgan fingerprint density at radius 3 is 2.46 bits per heavy atom. The van der Waals surface area contributed by atoms with Crippen LogP contribution in [-0.4, -0.2) is 29.9 Å². The second-order valence-electron chi connectivity index (χ2n) is 10.4. The summed E-state index contributed by atoms with van der Waals surface area (Å²) in [5.41, 5.74) is 1.26. The van der Waals surface area contributed by atoms with Gasteiger partial charge in [-0.3, -0.25) is 9.59 Å². The maximum Gasteiger partial charge on any atom is 0.237 e. The van der Waals surface area contributed by atoms with Crippen LogP contribution in [0.1, 0.15) is 68.9 Å². The summed E-state index contributed by atoms with van der Waals surface area (Å²) in [5, 5.41) is 11.2. The SMILES string of the molecule is O=C(CNC1(C2(Cc3cccc(Cl)c3)C(=O)Nc3cc(Cl)ccc32)CCCC1)NC1CCCCC1. The number of hydrogen-bond acceptors (Lipinski definition) is 3. The lowest BCUT2D eigenvalue weighted by molar-refractivity contribution is -0.126. The van der Waals surface area contributed by atoms with Crippen LogP contribution < -0.4 is 16.0 Å². The smallest absolute Gasteiger partial charge is 0.237 e. The molecule has 0 radical (unpaired) electrons. The number of carbonyl (C=O) groups is 2. The van der Waals surface area contributed by atoms with E-state index in [1.807, 2.05) is 42.5 Å². The number of hydrogen-bond donors (Lipinski definition) is 3. The standard InChI is InChI=1S/C28H33Cl2N3O2/c29-20-8-6-7-19(15-20)17-28(23-12-11-21(30)16-24(23)33-26(28)35)27(13-4-5-14-27)31-18-25(34)32-22-9-2-1-3-10-22/h6-8,11-12,15-16,22,31H,1-5,9-10,13-14,17-18H2,(H,32,34)(H,33,35). The van der Waals surface area contributed by atoms with E-state index in [0.717, 1.165) is 55.3 Å². The van der Waals surface area contributed by atoms with Gasteiger partial charge in [0.05, 0.1) is 12.0 Å². The van der Waals surface area contributed by atoms with Crippen LogP contribution in [0.25, 0.3) is 0 Å². The highest BCUT2D eigenvalue weighted by molar-refractivity contribution is 6.31. The molecule has 186 valence electrons. The number of carbonyl (C=O) groups excluding carboxylic acids is 2. The maximum absolute atomic E-state index is 14.0. The number of nitrogens with one attached hydrogen (secondary N) is 3.